The van der Waals surface area contributed by atoms with Crippen LogP contribution in [-0.2, 0) is 4.79 Å². The first kappa shape index (κ1) is 13.4. The fourth-order valence-corrected chi connectivity index (χ4v) is 2.37. The van der Waals surface area contributed by atoms with Crippen molar-refractivity contribution in [2.75, 3.05) is 6.54 Å². The molecule has 1 rings (SSSR count). The third kappa shape index (κ3) is 3.17. The van der Waals surface area contributed by atoms with Crippen LogP contribution in [0.15, 0.2) is 0 Å². The lowest BCUT2D eigenvalue weighted by atomic mass is 9.81. The Hall–Kier alpha value is -0.640. The molecule has 1 saturated carbocycles. The first-order chi connectivity index (χ1) is 7.34. The van der Waals surface area contributed by atoms with E-state index in [4.69, 9.17) is 18.0 Å². The van der Waals surface area contributed by atoms with Crippen LogP contribution in [0.2, 0.25) is 0 Å². The summed E-state index contributed by atoms with van der Waals surface area (Å²) in [7, 11) is 0. The fraction of sp³-hybridized carbons (Fsp3) is 0.833. The van der Waals surface area contributed by atoms with Crippen LogP contribution in [-0.4, -0.2) is 17.4 Å². The molecule has 3 N–H and O–H groups in total. The lowest BCUT2D eigenvalue weighted by Gasteiger charge is -2.26. The van der Waals surface area contributed by atoms with E-state index in [1.807, 2.05) is 6.92 Å². The van der Waals surface area contributed by atoms with Crippen molar-refractivity contribution >= 4 is 23.1 Å². The van der Waals surface area contributed by atoms with Crippen LogP contribution in [0.5, 0.6) is 0 Å². The van der Waals surface area contributed by atoms with Crippen LogP contribution in [0.25, 0.3) is 0 Å². The van der Waals surface area contributed by atoms with Crippen molar-refractivity contribution in [3.05, 3.63) is 0 Å². The maximum absolute atomic E-state index is 12.0. The van der Waals surface area contributed by atoms with Crippen LogP contribution in [0.4, 0.5) is 0 Å². The van der Waals surface area contributed by atoms with Gasteiger partial charge in [0.05, 0.1) is 4.99 Å². The maximum atomic E-state index is 12.0. The summed E-state index contributed by atoms with van der Waals surface area (Å²) in [5, 5.41) is 2.95. The van der Waals surface area contributed by atoms with E-state index in [9.17, 15) is 4.79 Å². The summed E-state index contributed by atoms with van der Waals surface area (Å²) in [5.74, 6) is 0.375. The summed E-state index contributed by atoms with van der Waals surface area (Å²) < 4.78 is 0. The van der Waals surface area contributed by atoms with Gasteiger partial charge in [-0.05, 0) is 18.3 Å². The van der Waals surface area contributed by atoms with Crippen molar-refractivity contribution in [1.82, 2.24) is 5.32 Å². The zero-order chi connectivity index (χ0) is 12.3. The molecule has 0 spiro atoms. The highest BCUT2D eigenvalue weighted by Gasteiger charge is 2.39. The van der Waals surface area contributed by atoms with Gasteiger partial charge in [0.2, 0.25) is 5.91 Å². The van der Waals surface area contributed by atoms with E-state index in [2.05, 4.69) is 19.2 Å². The molecule has 4 heteroatoms. The van der Waals surface area contributed by atoms with Crippen LogP contribution < -0.4 is 11.1 Å². The first-order valence-corrected chi connectivity index (χ1v) is 6.32. The Labute approximate surface area is 103 Å². The topological polar surface area (TPSA) is 55.1 Å². The molecular formula is C12H22N2OS. The van der Waals surface area contributed by atoms with Gasteiger partial charge in [-0.15, -0.1) is 0 Å². The molecule has 1 aliphatic carbocycles. The maximum Gasteiger partial charge on any atom is 0.223 e. The van der Waals surface area contributed by atoms with Crippen LogP contribution in [0, 0.1) is 17.3 Å². The van der Waals surface area contributed by atoms with Gasteiger partial charge >= 0.3 is 0 Å². The van der Waals surface area contributed by atoms with Gasteiger partial charge in [-0.2, -0.15) is 0 Å². The Kier molecular flexibility index (Phi) is 4.30. The van der Waals surface area contributed by atoms with E-state index >= 15 is 0 Å². The third-order valence-corrected chi connectivity index (χ3v) is 4.04. The molecule has 3 nitrogen and oxygen atoms in total. The molecule has 2 unspecified atom stereocenters. The SMILES string of the molecule is CC(CNC(=O)C1CCCC1(C)C)C(N)=S. The van der Waals surface area contributed by atoms with Crippen molar-refractivity contribution in [1.29, 1.82) is 0 Å². The number of rotatable bonds is 4. The Morgan fingerprint density at radius 3 is 2.69 bits per heavy atom. The molecular weight excluding hydrogens is 220 g/mol. The number of hydrogen-bond acceptors (Lipinski definition) is 2. The Morgan fingerprint density at radius 1 is 1.62 bits per heavy atom. The Balaban J connectivity index is 2.44. The van der Waals surface area contributed by atoms with Crippen LogP contribution in [0.3, 0.4) is 0 Å². The number of carbonyl (C=O) groups excluding carboxylic acids is 1. The minimum Gasteiger partial charge on any atom is -0.393 e. The number of amides is 1. The summed E-state index contributed by atoms with van der Waals surface area (Å²) >= 11 is 4.88. The predicted octanol–water partition coefficient (Wildman–Crippen LogP) is 1.85. The summed E-state index contributed by atoms with van der Waals surface area (Å²) in [6, 6.07) is 0. The van der Waals surface area contributed by atoms with Crippen LogP contribution >= 0.6 is 12.2 Å². The number of hydrogen-bond donors (Lipinski definition) is 2. The zero-order valence-electron chi connectivity index (χ0n) is 10.4. The third-order valence-electron chi connectivity index (χ3n) is 3.64. The lowest BCUT2D eigenvalue weighted by Crippen LogP contribution is -2.40. The average molecular weight is 242 g/mol. The van der Waals surface area contributed by atoms with Crippen molar-refractivity contribution in [3.8, 4) is 0 Å². The fourth-order valence-electron chi connectivity index (χ4n) is 2.29. The highest BCUT2D eigenvalue weighted by atomic mass is 32.1. The van der Waals surface area contributed by atoms with E-state index in [1.165, 1.54) is 0 Å². The van der Waals surface area contributed by atoms with Crippen molar-refractivity contribution in [2.45, 2.75) is 40.0 Å². The predicted molar refractivity (Wildman–Crippen MR) is 70.1 cm³/mol. The molecule has 0 aromatic rings. The molecule has 0 aromatic heterocycles. The minimum atomic E-state index is 0.0727. The quantitative estimate of drug-likeness (QED) is 0.740. The van der Waals surface area contributed by atoms with Gasteiger partial charge in [0, 0.05) is 18.4 Å². The van der Waals surface area contributed by atoms with Crippen LogP contribution in [0.1, 0.15) is 40.0 Å². The lowest BCUT2D eigenvalue weighted by molar-refractivity contribution is -0.127. The van der Waals surface area contributed by atoms with E-state index < -0.39 is 0 Å². The molecule has 0 saturated heterocycles. The van der Waals surface area contributed by atoms with Gasteiger partial charge in [-0.3, -0.25) is 4.79 Å². The molecule has 1 aliphatic rings. The smallest absolute Gasteiger partial charge is 0.223 e. The van der Waals surface area contributed by atoms with Gasteiger partial charge in [0.15, 0.2) is 0 Å². The summed E-state index contributed by atoms with van der Waals surface area (Å²) in [6.07, 6.45) is 3.28. The van der Waals surface area contributed by atoms with Crippen molar-refractivity contribution in [3.63, 3.8) is 0 Å². The summed E-state index contributed by atoms with van der Waals surface area (Å²) in [6.45, 7) is 6.83. The second-order valence-corrected chi connectivity index (χ2v) is 5.95. The second kappa shape index (κ2) is 5.13. The largest absolute Gasteiger partial charge is 0.393 e. The molecule has 0 bridgehead atoms. The summed E-state index contributed by atoms with van der Waals surface area (Å²) in [5.41, 5.74) is 5.64. The highest BCUT2D eigenvalue weighted by Crippen LogP contribution is 2.42. The number of thiocarbonyl (C=S) groups is 1. The molecule has 92 valence electrons. The average Bonchev–Trinajstić information content (AvgIpc) is 2.53. The molecule has 1 amide bonds. The number of nitrogens with one attached hydrogen (secondary N) is 1. The van der Waals surface area contributed by atoms with E-state index in [0.717, 1.165) is 19.3 Å². The van der Waals surface area contributed by atoms with Gasteiger partial charge in [0.25, 0.3) is 0 Å². The van der Waals surface area contributed by atoms with Crippen molar-refractivity contribution in [2.24, 2.45) is 23.0 Å². The Morgan fingerprint density at radius 2 is 2.25 bits per heavy atom. The molecule has 0 radical (unpaired) electrons. The number of nitrogens with two attached hydrogens (primary N) is 1. The molecule has 1 fully saturated rings. The van der Waals surface area contributed by atoms with Gasteiger partial charge in [-0.1, -0.05) is 39.4 Å². The number of carbonyl (C=O) groups is 1. The van der Waals surface area contributed by atoms with E-state index in [0.29, 0.717) is 11.5 Å². The zero-order valence-corrected chi connectivity index (χ0v) is 11.2. The van der Waals surface area contributed by atoms with Crippen molar-refractivity contribution < 1.29 is 4.79 Å². The molecule has 0 aromatic carbocycles. The van der Waals surface area contributed by atoms with Gasteiger partial charge < -0.3 is 11.1 Å². The molecule has 0 aliphatic heterocycles. The minimum absolute atomic E-state index is 0.0727. The summed E-state index contributed by atoms with van der Waals surface area (Å²) in [4.78, 5) is 12.5. The first-order valence-electron chi connectivity index (χ1n) is 5.91. The van der Waals surface area contributed by atoms with Gasteiger partial charge in [-0.25, -0.2) is 0 Å². The second-order valence-electron chi connectivity index (χ2n) is 5.48. The standard InChI is InChI=1S/C12H22N2OS/c1-8(10(13)16)7-14-11(15)9-5-4-6-12(9,2)3/h8-9H,4-7H2,1-3H3,(H2,13,16)(H,14,15). The van der Waals surface area contributed by atoms with E-state index in [1.54, 1.807) is 0 Å². The molecule has 16 heavy (non-hydrogen) atoms. The Bertz CT molecular complexity index is 289. The van der Waals surface area contributed by atoms with E-state index in [-0.39, 0.29) is 23.2 Å². The monoisotopic (exact) mass is 242 g/mol. The normalized spacial score (nSPS) is 25.1. The van der Waals surface area contributed by atoms with Gasteiger partial charge in [0.1, 0.15) is 0 Å². The molecule has 2 atom stereocenters. The highest BCUT2D eigenvalue weighted by molar-refractivity contribution is 7.80. The molecule has 0 heterocycles.